The highest BCUT2D eigenvalue weighted by Gasteiger charge is 2.66. The molecule has 2 rings (SSSR count). The van der Waals surface area contributed by atoms with Gasteiger partial charge in [0.25, 0.3) is 5.60 Å². The molecule has 0 saturated heterocycles. The number of carbonyl (C=O) groups is 1. The molecule has 5 nitrogen and oxygen atoms in total. The Morgan fingerprint density at radius 3 is 2.75 bits per heavy atom. The Kier molecular flexibility index (Phi) is 3.59. The van der Waals surface area contributed by atoms with E-state index in [4.69, 9.17) is 4.42 Å². The quantitative estimate of drug-likeness (QED) is 0.858. The van der Waals surface area contributed by atoms with Gasteiger partial charge in [0.2, 0.25) is 0 Å². The summed E-state index contributed by atoms with van der Waals surface area (Å²) in [5, 5.41) is 9.96. The molecule has 1 aromatic heterocycles. The van der Waals surface area contributed by atoms with Gasteiger partial charge in [0, 0.05) is 6.54 Å². The molecule has 1 aliphatic heterocycles. The normalized spacial score (nSPS) is 22.2. The van der Waals surface area contributed by atoms with Gasteiger partial charge < -0.3 is 14.3 Å². The van der Waals surface area contributed by atoms with Crippen LogP contribution in [0, 0.1) is 5.92 Å². The summed E-state index contributed by atoms with van der Waals surface area (Å²) in [5.74, 6) is -3.21. The molecule has 2 atom stereocenters. The van der Waals surface area contributed by atoms with Crippen molar-refractivity contribution in [3.05, 3.63) is 24.2 Å². The van der Waals surface area contributed by atoms with Crippen LogP contribution >= 0.6 is 0 Å². The smallest absolute Gasteiger partial charge is 0.428 e. The lowest BCUT2D eigenvalue weighted by Crippen LogP contribution is -2.59. The molecule has 0 bridgehead atoms. The third kappa shape index (κ3) is 2.09. The van der Waals surface area contributed by atoms with Crippen LogP contribution in [0.5, 0.6) is 0 Å². The summed E-state index contributed by atoms with van der Waals surface area (Å²) < 4.78 is 48.6. The average molecular weight is 291 g/mol. The van der Waals surface area contributed by atoms with Crippen molar-refractivity contribution >= 4 is 11.7 Å². The molecule has 0 saturated carbocycles. The minimum Gasteiger partial charge on any atom is -0.467 e. The Balaban J connectivity index is 2.45. The molecule has 0 unspecified atom stereocenters. The number of rotatable bonds is 3. The standard InChI is InChI=1S/C12H12F3NO4/c1-19-10(17)11(18,12(13,14)15)7-4-5-16-9(7)8-3-2-6-20-8/h2-3,6-7,18H,4-5H2,1H3/t7-,11-/m1/s1. The average Bonchev–Trinajstić information content (AvgIpc) is 3.04. The Morgan fingerprint density at radius 2 is 2.25 bits per heavy atom. The number of methoxy groups -OCH3 is 1. The van der Waals surface area contributed by atoms with Gasteiger partial charge in [0.15, 0.2) is 0 Å². The number of hydrogen-bond donors (Lipinski definition) is 1. The predicted molar refractivity (Wildman–Crippen MR) is 61.2 cm³/mol. The molecule has 1 N–H and O–H groups in total. The van der Waals surface area contributed by atoms with Crippen LogP contribution in [-0.4, -0.2) is 42.2 Å². The van der Waals surface area contributed by atoms with Crippen LogP contribution in [0.3, 0.4) is 0 Å². The zero-order valence-corrected chi connectivity index (χ0v) is 10.5. The Bertz CT molecular complexity index is 523. The van der Waals surface area contributed by atoms with Crippen molar-refractivity contribution in [2.75, 3.05) is 13.7 Å². The molecule has 110 valence electrons. The molecule has 2 heterocycles. The van der Waals surface area contributed by atoms with Crippen LogP contribution in [0.2, 0.25) is 0 Å². The summed E-state index contributed by atoms with van der Waals surface area (Å²) in [6, 6.07) is 2.91. The Morgan fingerprint density at radius 1 is 1.55 bits per heavy atom. The molecule has 0 aliphatic carbocycles. The fourth-order valence-corrected chi connectivity index (χ4v) is 2.25. The summed E-state index contributed by atoms with van der Waals surface area (Å²) in [6.07, 6.45) is -4.03. The molecule has 0 fully saturated rings. The van der Waals surface area contributed by atoms with Gasteiger partial charge in [-0.2, -0.15) is 13.2 Å². The summed E-state index contributed by atoms with van der Waals surface area (Å²) in [5.41, 5.74) is -3.72. The van der Waals surface area contributed by atoms with Crippen LogP contribution in [0.1, 0.15) is 12.2 Å². The van der Waals surface area contributed by atoms with Crippen molar-refractivity contribution < 1.29 is 32.2 Å². The molecule has 0 radical (unpaired) electrons. The van der Waals surface area contributed by atoms with Crippen LogP contribution in [-0.2, 0) is 9.53 Å². The van der Waals surface area contributed by atoms with E-state index in [0.717, 1.165) is 7.11 Å². The van der Waals surface area contributed by atoms with E-state index < -0.39 is 23.7 Å². The van der Waals surface area contributed by atoms with Crippen molar-refractivity contribution in [2.45, 2.75) is 18.2 Å². The van der Waals surface area contributed by atoms with Crippen molar-refractivity contribution in [1.82, 2.24) is 0 Å². The number of alkyl halides is 3. The maximum atomic E-state index is 13.2. The van der Waals surface area contributed by atoms with E-state index in [1.807, 2.05) is 0 Å². The van der Waals surface area contributed by atoms with Gasteiger partial charge in [-0.15, -0.1) is 0 Å². The highest BCUT2D eigenvalue weighted by atomic mass is 19.4. The minimum absolute atomic E-state index is 0.0656. The lowest BCUT2D eigenvalue weighted by Gasteiger charge is -2.33. The maximum Gasteiger partial charge on any atom is 0.428 e. The number of aliphatic hydroxyl groups is 1. The summed E-state index contributed by atoms with van der Waals surface area (Å²) in [4.78, 5) is 15.4. The maximum absolute atomic E-state index is 13.2. The number of carbonyl (C=O) groups excluding carboxylic acids is 1. The van der Waals surface area contributed by atoms with Crippen LogP contribution in [0.25, 0.3) is 0 Å². The third-order valence-corrected chi connectivity index (χ3v) is 3.24. The third-order valence-electron chi connectivity index (χ3n) is 3.24. The van der Waals surface area contributed by atoms with Crippen molar-refractivity contribution in [3.8, 4) is 0 Å². The fourth-order valence-electron chi connectivity index (χ4n) is 2.25. The number of esters is 1. The highest BCUT2D eigenvalue weighted by molar-refractivity contribution is 6.04. The Labute approximate surface area is 112 Å². The van der Waals surface area contributed by atoms with Crippen LogP contribution in [0.4, 0.5) is 13.2 Å². The predicted octanol–water partition coefficient (Wildman–Crippen LogP) is 1.55. The first kappa shape index (κ1) is 14.6. The van der Waals surface area contributed by atoms with E-state index in [2.05, 4.69) is 9.73 Å². The van der Waals surface area contributed by atoms with E-state index in [1.54, 1.807) is 0 Å². The topological polar surface area (TPSA) is 72.0 Å². The summed E-state index contributed by atoms with van der Waals surface area (Å²) >= 11 is 0. The molecule has 20 heavy (non-hydrogen) atoms. The van der Waals surface area contributed by atoms with Crippen molar-refractivity contribution in [3.63, 3.8) is 0 Å². The largest absolute Gasteiger partial charge is 0.467 e. The first-order valence-corrected chi connectivity index (χ1v) is 5.78. The van der Waals surface area contributed by atoms with Crippen LogP contribution in [0.15, 0.2) is 27.8 Å². The Hall–Kier alpha value is -1.83. The second-order valence-electron chi connectivity index (χ2n) is 4.34. The van der Waals surface area contributed by atoms with Gasteiger partial charge in [-0.25, -0.2) is 4.79 Å². The monoisotopic (exact) mass is 291 g/mol. The number of furan rings is 1. The molecular formula is C12H12F3NO4. The van der Waals surface area contributed by atoms with E-state index in [9.17, 15) is 23.1 Å². The SMILES string of the molecule is COC(=O)[C@](O)([C@@H]1CCN=C1c1ccco1)C(F)(F)F. The summed E-state index contributed by atoms with van der Waals surface area (Å²) in [6.45, 7) is 0.0656. The fraction of sp³-hybridized carbons (Fsp3) is 0.500. The number of nitrogens with zero attached hydrogens (tertiary/aromatic N) is 1. The van der Waals surface area contributed by atoms with Crippen molar-refractivity contribution in [1.29, 1.82) is 0 Å². The lowest BCUT2D eigenvalue weighted by atomic mass is 9.81. The molecule has 0 spiro atoms. The molecule has 0 aromatic carbocycles. The number of hydrogen-bond acceptors (Lipinski definition) is 5. The number of halogens is 3. The number of ether oxygens (including phenoxy) is 1. The van der Waals surface area contributed by atoms with E-state index in [1.165, 1.54) is 18.4 Å². The second-order valence-corrected chi connectivity index (χ2v) is 4.34. The first-order valence-electron chi connectivity index (χ1n) is 5.78. The lowest BCUT2D eigenvalue weighted by molar-refractivity contribution is -0.270. The van der Waals surface area contributed by atoms with Crippen LogP contribution < -0.4 is 0 Å². The molecule has 1 aromatic rings. The first-order chi connectivity index (χ1) is 9.32. The van der Waals surface area contributed by atoms with Gasteiger partial charge in [-0.05, 0) is 18.6 Å². The van der Waals surface area contributed by atoms with E-state index in [-0.39, 0.29) is 24.4 Å². The molecular weight excluding hydrogens is 279 g/mol. The van der Waals surface area contributed by atoms with Gasteiger partial charge >= 0.3 is 12.1 Å². The second kappa shape index (κ2) is 4.93. The highest BCUT2D eigenvalue weighted by Crippen LogP contribution is 2.42. The molecule has 8 heteroatoms. The zero-order chi connectivity index (χ0) is 15.0. The molecule has 1 aliphatic rings. The van der Waals surface area contributed by atoms with Gasteiger partial charge in [0.05, 0.1) is 25.0 Å². The van der Waals surface area contributed by atoms with Gasteiger partial charge in [-0.1, -0.05) is 0 Å². The van der Waals surface area contributed by atoms with E-state index >= 15 is 0 Å². The van der Waals surface area contributed by atoms with Gasteiger partial charge in [0.1, 0.15) is 5.76 Å². The minimum atomic E-state index is -5.18. The van der Waals surface area contributed by atoms with Crippen molar-refractivity contribution in [2.24, 2.45) is 10.9 Å². The van der Waals surface area contributed by atoms with Gasteiger partial charge in [-0.3, -0.25) is 4.99 Å². The molecule has 0 amide bonds. The van der Waals surface area contributed by atoms with E-state index in [0.29, 0.717) is 0 Å². The zero-order valence-electron chi connectivity index (χ0n) is 10.5. The number of aliphatic imine (C=N–C) groups is 1. The summed E-state index contributed by atoms with van der Waals surface area (Å²) in [7, 11) is 0.789.